The van der Waals surface area contributed by atoms with E-state index in [0.29, 0.717) is 45.1 Å². The number of imidazole rings is 1. The normalized spacial score (nSPS) is 18.5. The molecule has 4 heterocycles. The highest BCUT2D eigenvalue weighted by Gasteiger charge is 2.36. The molecule has 4 bridgehead atoms. The van der Waals surface area contributed by atoms with Gasteiger partial charge < -0.3 is 39.6 Å². The number of hydrogen-bond donors (Lipinski definition) is 4. The van der Waals surface area contributed by atoms with Crippen molar-refractivity contribution in [3.05, 3.63) is 77.4 Å². The fraction of sp³-hybridized carbons (Fsp3) is 0.345. The number of carbonyl (C=O) groups excluding carboxylic acids is 2. The van der Waals surface area contributed by atoms with Gasteiger partial charge in [-0.25, -0.2) is 9.78 Å². The molecule has 3 aliphatic rings. The van der Waals surface area contributed by atoms with Gasteiger partial charge >= 0.3 is 5.97 Å². The number of rotatable bonds is 6. The lowest BCUT2D eigenvalue weighted by Crippen LogP contribution is -2.45. The Labute approximate surface area is 247 Å². The summed E-state index contributed by atoms with van der Waals surface area (Å²) in [6.45, 7) is 2.53. The van der Waals surface area contributed by atoms with Crippen LogP contribution in [0.1, 0.15) is 32.1 Å². The van der Waals surface area contributed by atoms with Crippen molar-refractivity contribution in [2.75, 3.05) is 33.4 Å². The minimum atomic E-state index is -1.21. The highest BCUT2D eigenvalue weighted by atomic mass is 16.5. The molecule has 3 aliphatic heterocycles. The molecule has 1 fully saturated rings. The van der Waals surface area contributed by atoms with Gasteiger partial charge in [0, 0.05) is 51.2 Å². The summed E-state index contributed by atoms with van der Waals surface area (Å²) in [5.41, 5.74) is 0.860. The second-order valence-electron chi connectivity index (χ2n) is 9.83. The van der Waals surface area contributed by atoms with E-state index in [1.165, 1.54) is 18.2 Å². The summed E-state index contributed by atoms with van der Waals surface area (Å²) in [5, 5.41) is 22.3. The summed E-state index contributed by atoms with van der Waals surface area (Å²) in [5.74, 6) is -0.455. The summed E-state index contributed by atoms with van der Waals surface area (Å²) in [6.07, 6.45) is 3.28. The molecule has 1 saturated heterocycles. The van der Waals surface area contributed by atoms with Crippen LogP contribution in [0, 0.1) is 0 Å². The fourth-order valence-corrected chi connectivity index (χ4v) is 4.77. The van der Waals surface area contributed by atoms with E-state index in [4.69, 9.17) is 24.1 Å². The number of amides is 2. The lowest BCUT2D eigenvalue weighted by Gasteiger charge is -2.21. The SMILES string of the molecule is COCCn1ccnc1CN1C[C@@H]2NC(=O)c3cc(cc(C(=O)O)c3)OCC(=O)NCc3ccc(cc3)O[C@H]2C1.O=CO. The molecule has 1 aromatic heterocycles. The van der Waals surface area contributed by atoms with Crippen molar-refractivity contribution in [2.45, 2.75) is 31.8 Å². The number of hydrogen-bond acceptors (Lipinski definition) is 9. The number of nitrogens with zero attached hydrogens (tertiary/aromatic N) is 3. The van der Waals surface area contributed by atoms with E-state index >= 15 is 0 Å². The first kappa shape index (κ1) is 31.0. The maximum atomic E-state index is 13.4. The Morgan fingerprint density at radius 2 is 1.93 bits per heavy atom. The zero-order valence-corrected chi connectivity index (χ0v) is 23.5. The van der Waals surface area contributed by atoms with Gasteiger partial charge in [0.1, 0.15) is 23.4 Å². The van der Waals surface area contributed by atoms with Crippen molar-refractivity contribution in [2.24, 2.45) is 0 Å². The lowest BCUT2D eigenvalue weighted by atomic mass is 10.1. The number of likely N-dealkylation sites (tertiary alicyclic amines) is 1. The highest BCUT2D eigenvalue weighted by Crippen LogP contribution is 2.23. The molecule has 0 saturated carbocycles. The first-order valence-electron chi connectivity index (χ1n) is 13.4. The molecule has 0 unspecified atom stereocenters. The number of carboxylic acids is 1. The van der Waals surface area contributed by atoms with Crippen LogP contribution < -0.4 is 20.1 Å². The quantitative estimate of drug-likeness (QED) is 0.299. The van der Waals surface area contributed by atoms with Gasteiger partial charge in [0.2, 0.25) is 0 Å². The monoisotopic (exact) mass is 595 g/mol. The zero-order chi connectivity index (χ0) is 30.8. The van der Waals surface area contributed by atoms with Crippen molar-refractivity contribution < 1.29 is 43.6 Å². The van der Waals surface area contributed by atoms with Gasteiger partial charge in [-0.15, -0.1) is 0 Å². The average Bonchev–Trinajstić information content (AvgIpc) is 3.60. The Balaban J connectivity index is 0.00000135. The molecular weight excluding hydrogens is 562 g/mol. The van der Waals surface area contributed by atoms with Crippen LogP contribution in [0.3, 0.4) is 0 Å². The van der Waals surface area contributed by atoms with Crippen LogP contribution in [-0.2, 0) is 34.0 Å². The zero-order valence-electron chi connectivity index (χ0n) is 23.5. The number of methoxy groups -OCH3 is 1. The van der Waals surface area contributed by atoms with Crippen LogP contribution in [0.25, 0.3) is 0 Å². The van der Waals surface area contributed by atoms with Crippen LogP contribution in [0.5, 0.6) is 11.5 Å². The van der Waals surface area contributed by atoms with Gasteiger partial charge in [-0.3, -0.25) is 19.3 Å². The number of aromatic nitrogens is 2. The predicted molar refractivity (Wildman–Crippen MR) is 151 cm³/mol. The van der Waals surface area contributed by atoms with Gasteiger partial charge in [-0.1, -0.05) is 12.1 Å². The molecule has 3 aromatic rings. The molecule has 228 valence electrons. The van der Waals surface area contributed by atoms with Gasteiger partial charge in [-0.2, -0.15) is 0 Å². The van der Waals surface area contributed by atoms with Crippen LogP contribution in [0.2, 0.25) is 0 Å². The van der Waals surface area contributed by atoms with Crippen molar-refractivity contribution in [3.8, 4) is 11.5 Å². The Morgan fingerprint density at radius 1 is 1.16 bits per heavy atom. The van der Waals surface area contributed by atoms with Crippen LogP contribution in [0.4, 0.5) is 0 Å². The third-order valence-electron chi connectivity index (χ3n) is 6.85. The predicted octanol–water partition coefficient (Wildman–Crippen LogP) is 0.999. The van der Waals surface area contributed by atoms with Crippen LogP contribution in [0.15, 0.2) is 54.9 Å². The van der Waals surface area contributed by atoms with Crippen molar-refractivity contribution in [1.29, 1.82) is 0 Å². The molecule has 0 radical (unpaired) electrons. The lowest BCUT2D eigenvalue weighted by molar-refractivity contribution is -0.123. The molecule has 0 aliphatic carbocycles. The Kier molecular flexibility index (Phi) is 10.7. The number of carbonyl (C=O) groups is 4. The molecular formula is C29H33N5O9. The largest absolute Gasteiger partial charge is 0.487 e. The van der Waals surface area contributed by atoms with E-state index in [-0.39, 0.29) is 42.0 Å². The summed E-state index contributed by atoms with van der Waals surface area (Å²) in [7, 11) is 1.65. The number of nitrogens with one attached hydrogen (secondary N) is 2. The third-order valence-corrected chi connectivity index (χ3v) is 6.85. The summed E-state index contributed by atoms with van der Waals surface area (Å²) in [4.78, 5) is 52.4. The topological polar surface area (TPSA) is 182 Å². The van der Waals surface area contributed by atoms with Gasteiger partial charge in [-0.05, 0) is 35.9 Å². The first-order valence-corrected chi connectivity index (χ1v) is 13.4. The second kappa shape index (κ2) is 14.8. The van der Waals surface area contributed by atoms with Crippen molar-refractivity contribution in [1.82, 2.24) is 25.1 Å². The maximum Gasteiger partial charge on any atom is 0.335 e. The number of carboxylic acid groups (broad SMARTS) is 2. The summed E-state index contributed by atoms with van der Waals surface area (Å²) in [6, 6.07) is 11.0. The average molecular weight is 596 g/mol. The van der Waals surface area contributed by atoms with E-state index in [9.17, 15) is 19.5 Å². The summed E-state index contributed by atoms with van der Waals surface area (Å²) >= 11 is 0. The van der Waals surface area contributed by atoms with Crippen LogP contribution >= 0.6 is 0 Å². The summed E-state index contributed by atoms with van der Waals surface area (Å²) < 4.78 is 19.1. The molecule has 2 amide bonds. The molecule has 6 rings (SSSR count). The van der Waals surface area contributed by atoms with Crippen LogP contribution in [-0.4, -0.2) is 94.5 Å². The minimum absolute atomic E-state index is 0.107. The highest BCUT2D eigenvalue weighted by molar-refractivity contribution is 5.98. The smallest absolute Gasteiger partial charge is 0.335 e. The Bertz CT molecular complexity index is 1430. The van der Waals surface area contributed by atoms with Gasteiger partial charge in [0.15, 0.2) is 6.61 Å². The number of fused-ring (bicyclic) bond motifs is 7. The molecule has 14 heteroatoms. The van der Waals surface area contributed by atoms with E-state index in [2.05, 4.69) is 20.5 Å². The standard InChI is InChI=1S/C28H31N5O7.CH2O2/c1-38-9-8-33-7-6-29-25(33)16-32-14-23-24(15-32)40-21-4-2-18(3-5-21)13-30-26(34)17-39-22-11-19(27(35)31-23)10-20(12-22)28(36)37;2-1-3/h2-7,10-12,23-24H,8-9,13-17H2,1H3,(H,30,34)(H,31,35)(H,36,37);1H,(H,2,3)/t23-,24-;/m0./s1. The van der Waals surface area contributed by atoms with E-state index in [0.717, 1.165) is 11.4 Å². The molecule has 14 nitrogen and oxygen atoms in total. The fourth-order valence-electron chi connectivity index (χ4n) is 4.77. The Morgan fingerprint density at radius 3 is 2.65 bits per heavy atom. The Hall–Kier alpha value is -4.95. The third kappa shape index (κ3) is 8.53. The minimum Gasteiger partial charge on any atom is -0.487 e. The number of benzene rings is 2. The van der Waals surface area contributed by atoms with Crippen molar-refractivity contribution in [3.63, 3.8) is 0 Å². The van der Waals surface area contributed by atoms with E-state index < -0.39 is 17.9 Å². The van der Waals surface area contributed by atoms with Gasteiger partial charge in [0.25, 0.3) is 18.3 Å². The first-order chi connectivity index (χ1) is 20.8. The van der Waals surface area contributed by atoms with Gasteiger partial charge in [0.05, 0.1) is 24.8 Å². The maximum absolute atomic E-state index is 13.4. The molecule has 2 aromatic carbocycles. The number of aromatic carboxylic acids is 1. The molecule has 4 N–H and O–H groups in total. The molecule has 0 spiro atoms. The molecule has 43 heavy (non-hydrogen) atoms. The van der Waals surface area contributed by atoms with E-state index in [1.807, 2.05) is 35.0 Å². The molecule has 2 atom stereocenters. The number of ether oxygens (including phenoxy) is 3. The van der Waals surface area contributed by atoms with E-state index in [1.54, 1.807) is 13.3 Å². The van der Waals surface area contributed by atoms with Crippen molar-refractivity contribution >= 4 is 24.3 Å². The second-order valence-corrected chi connectivity index (χ2v) is 9.83.